The molecule has 0 unspecified atom stereocenters. The standard InChI is InChI=1S/C18H24O2/c1-5-6-7-15-12-18(3,4)20-17(19)16(15)14-10-8-13(2)9-11-14/h8-11H,5-7,12H2,1-4H3. The Kier molecular flexibility index (Phi) is 4.32. The molecule has 1 aliphatic heterocycles. The second-order valence-electron chi connectivity index (χ2n) is 6.27. The van der Waals surface area contributed by atoms with E-state index in [0.717, 1.165) is 36.8 Å². The molecule has 1 aromatic carbocycles. The number of hydrogen-bond acceptors (Lipinski definition) is 2. The Bertz CT molecular complexity index is 521. The predicted molar refractivity (Wildman–Crippen MR) is 82.4 cm³/mol. The molecule has 0 fully saturated rings. The van der Waals surface area contributed by atoms with E-state index in [9.17, 15) is 4.79 Å². The van der Waals surface area contributed by atoms with Crippen molar-refractivity contribution < 1.29 is 9.53 Å². The maximum Gasteiger partial charge on any atom is 0.339 e. The molecule has 0 aliphatic carbocycles. The number of esters is 1. The molecule has 2 rings (SSSR count). The van der Waals surface area contributed by atoms with Gasteiger partial charge in [-0.2, -0.15) is 0 Å². The van der Waals surface area contributed by atoms with Crippen molar-refractivity contribution >= 4 is 11.5 Å². The smallest absolute Gasteiger partial charge is 0.339 e. The minimum absolute atomic E-state index is 0.170. The highest BCUT2D eigenvalue weighted by Crippen LogP contribution is 2.36. The first kappa shape index (κ1) is 14.8. The van der Waals surface area contributed by atoms with Crippen molar-refractivity contribution in [2.24, 2.45) is 0 Å². The summed E-state index contributed by atoms with van der Waals surface area (Å²) in [7, 11) is 0. The molecule has 0 atom stereocenters. The highest BCUT2D eigenvalue weighted by molar-refractivity contribution is 6.18. The van der Waals surface area contributed by atoms with Gasteiger partial charge in [0.25, 0.3) is 0 Å². The first-order valence-corrected chi connectivity index (χ1v) is 7.45. The topological polar surface area (TPSA) is 26.3 Å². The number of unbranched alkanes of at least 4 members (excludes halogenated alkanes) is 1. The lowest BCUT2D eigenvalue weighted by molar-refractivity contribution is -0.150. The van der Waals surface area contributed by atoms with E-state index in [1.165, 1.54) is 11.1 Å². The summed E-state index contributed by atoms with van der Waals surface area (Å²) in [5.41, 5.74) is 3.85. The Morgan fingerprint density at radius 1 is 1.20 bits per heavy atom. The second-order valence-corrected chi connectivity index (χ2v) is 6.27. The van der Waals surface area contributed by atoms with Crippen LogP contribution < -0.4 is 0 Å². The molecule has 0 saturated carbocycles. The predicted octanol–water partition coefficient (Wildman–Crippen LogP) is 4.66. The summed E-state index contributed by atoms with van der Waals surface area (Å²) >= 11 is 0. The number of carbonyl (C=O) groups excluding carboxylic acids is 1. The Morgan fingerprint density at radius 2 is 1.85 bits per heavy atom. The lowest BCUT2D eigenvalue weighted by Gasteiger charge is -2.33. The van der Waals surface area contributed by atoms with Crippen molar-refractivity contribution in [3.05, 3.63) is 41.0 Å². The average molecular weight is 272 g/mol. The van der Waals surface area contributed by atoms with Crippen LogP contribution in [0.5, 0.6) is 0 Å². The lowest BCUT2D eigenvalue weighted by atomic mass is 9.85. The average Bonchev–Trinajstić information content (AvgIpc) is 2.36. The van der Waals surface area contributed by atoms with Gasteiger partial charge in [-0.25, -0.2) is 4.79 Å². The lowest BCUT2D eigenvalue weighted by Crippen LogP contribution is -2.34. The third kappa shape index (κ3) is 3.30. The van der Waals surface area contributed by atoms with Crippen molar-refractivity contribution in [1.82, 2.24) is 0 Å². The van der Waals surface area contributed by atoms with E-state index in [4.69, 9.17) is 4.74 Å². The monoisotopic (exact) mass is 272 g/mol. The molecule has 0 spiro atoms. The molecule has 0 bridgehead atoms. The summed E-state index contributed by atoms with van der Waals surface area (Å²) in [5, 5.41) is 0. The zero-order chi connectivity index (χ0) is 14.8. The van der Waals surface area contributed by atoms with Crippen LogP contribution in [0.3, 0.4) is 0 Å². The van der Waals surface area contributed by atoms with Gasteiger partial charge in [-0.15, -0.1) is 0 Å². The molecule has 0 amide bonds. The van der Waals surface area contributed by atoms with Crippen LogP contribution >= 0.6 is 0 Å². The molecule has 1 heterocycles. The van der Waals surface area contributed by atoms with Crippen molar-refractivity contribution in [2.45, 2.75) is 59.0 Å². The third-order valence-corrected chi connectivity index (χ3v) is 3.74. The number of ether oxygens (including phenoxy) is 1. The number of hydrogen-bond donors (Lipinski definition) is 0. The molecule has 1 aliphatic rings. The van der Waals surface area contributed by atoms with Crippen molar-refractivity contribution in [1.29, 1.82) is 0 Å². The molecule has 0 aromatic heterocycles. The number of carbonyl (C=O) groups is 1. The van der Waals surface area contributed by atoms with E-state index in [1.54, 1.807) is 0 Å². The van der Waals surface area contributed by atoms with E-state index >= 15 is 0 Å². The molecular formula is C18H24O2. The summed E-state index contributed by atoms with van der Waals surface area (Å²) in [5.74, 6) is -0.170. The summed E-state index contributed by atoms with van der Waals surface area (Å²) in [6.07, 6.45) is 4.08. The largest absolute Gasteiger partial charge is 0.456 e. The zero-order valence-electron chi connectivity index (χ0n) is 13.0. The van der Waals surface area contributed by atoms with Gasteiger partial charge in [0.2, 0.25) is 0 Å². The fourth-order valence-corrected chi connectivity index (χ4v) is 2.73. The van der Waals surface area contributed by atoms with Gasteiger partial charge in [-0.3, -0.25) is 0 Å². The first-order chi connectivity index (χ1) is 9.43. The molecular weight excluding hydrogens is 248 g/mol. The second kappa shape index (κ2) is 5.82. The van der Waals surface area contributed by atoms with Gasteiger partial charge < -0.3 is 4.74 Å². The Morgan fingerprint density at radius 3 is 2.45 bits per heavy atom. The van der Waals surface area contributed by atoms with Gasteiger partial charge in [0.05, 0.1) is 5.57 Å². The van der Waals surface area contributed by atoms with E-state index in [-0.39, 0.29) is 11.6 Å². The number of aryl methyl sites for hydroxylation is 1. The van der Waals surface area contributed by atoms with Crippen molar-refractivity contribution in [2.75, 3.05) is 0 Å². The van der Waals surface area contributed by atoms with E-state index in [1.807, 2.05) is 38.1 Å². The Balaban J connectivity index is 2.43. The minimum atomic E-state index is -0.381. The number of benzene rings is 1. The van der Waals surface area contributed by atoms with Crippen LogP contribution in [0.15, 0.2) is 29.8 Å². The molecule has 0 radical (unpaired) electrons. The van der Waals surface area contributed by atoms with Gasteiger partial charge in [0.1, 0.15) is 5.60 Å². The summed E-state index contributed by atoms with van der Waals surface area (Å²) in [4.78, 5) is 12.4. The maximum absolute atomic E-state index is 12.4. The van der Waals surface area contributed by atoms with Crippen LogP contribution in [-0.2, 0) is 9.53 Å². The summed E-state index contributed by atoms with van der Waals surface area (Å²) < 4.78 is 5.58. The normalized spacial score (nSPS) is 18.1. The molecule has 1 aromatic rings. The Labute approximate surface area is 121 Å². The molecule has 0 N–H and O–H groups in total. The van der Waals surface area contributed by atoms with Gasteiger partial charge in [-0.1, -0.05) is 48.7 Å². The zero-order valence-corrected chi connectivity index (χ0v) is 13.0. The summed E-state index contributed by atoms with van der Waals surface area (Å²) in [6, 6.07) is 8.14. The molecule has 20 heavy (non-hydrogen) atoms. The Hall–Kier alpha value is -1.57. The quantitative estimate of drug-likeness (QED) is 0.745. The highest BCUT2D eigenvalue weighted by atomic mass is 16.6. The van der Waals surface area contributed by atoms with Crippen molar-refractivity contribution in [3.63, 3.8) is 0 Å². The number of cyclic esters (lactones) is 1. The van der Waals surface area contributed by atoms with Crippen LogP contribution in [-0.4, -0.2) is 11.6 Å². The van der Waals surface area contributed by atoms with Crippen LogP contribution in [0.25, 0.3) is 5.57 Å². The highest BCUT2D eigenvalue weighted by Gasteiger charge is 2.34. The van der Waals surface area contributed by atoms with Crippen LogP contribution in [0, 0.1) is 6.92 Å². The van der Waals surface area contributed by atoms with E-state index < -0.39 is 0 Å². The molecule has 0 saturated heterocycles. The van der Waals surface area contributed by atoms with E-state index in [0.29, 0.717) is 0 Å². The SMILES string of the molecule is CCCCC1=C(c2ccc(C)cc2)C(=O)OC(C)(C)C1. The fraction of sp³-hybridized carbons (Fsp3) is 0.500. The summed E-state index contributed by atoms with van der Waals surface area (Å²) in [6.45, 7) is 8.21. The van der Waals surface area contributed by atoms with Crippen LogP contribution in [0.1, 0.15) is 57.6 Å². The van der Waals surface area contributed by atoms with Gasteiger partial charge in [-0.05, 0) is 39.2 Å². The fourth-order valence-electron chi connectivity index (χ4n) is 2.73. The maximum atomic E-state index is 12.4. The first-order valence-electron chi connectivity index (χ1n) is 7.45. The van der Waals surface area contributed by atoms with E-state index in [2.05, 4.69) is 13.8 Å². The molecule has 2 heteroatoms. The third-order valence-electron chi connectivity index (χ3n) is 3.74. The molecule has 108 valence electrons. The van der Waals surface area contributed by atoms with Crippen LogP contribution in [0.4, 0.5) is 0 Å². The van der Waals surface area contributed by atoms with Crippen molar-refractivity contribution in [3.8, 4) is 0 Å². The molecule has 2 nitrogen and oxygen atoms in total. The van der Waals surface area contributed by atoms with Gasteiger partial charge >= 0.3 is 5.97 Å². The van der Waals surface area contributed by atoms with Crippen LogP contribution in [0.2, 0.25) is 0 Å². The van der Waals surface area contributed by atoms with Gasteiger partial charge in [0, 0.05) is 6.42 Å². The van der Waals surface area contributed by atoms with Gasteiger partial charge in [0.15, 0.2) is 0 Å². The number of rotatable bonds is 4. The minimum Gasteiger partial charge on any atom is -0.456 e.